The molecular formula is C30H40N2O3S2. The van der Waals surface area contributed by atoms with Crippen molar-refractivity contribution < 1.29 is 14.3 Å². The fourth-order valence-corrected chi connectivity index (χ4v) is 9.87. The summed E-state index contributed by atoms with van der Waals surface area (Å²) >= 11 is 0. The first-order valence-corrected chi connectivity index (χ1v) is 16.3. The zero-order valence-corrected chi connectivity index (χ0v) is 23.8. The zero-order valence-electron chi connectivity index (χ0n) is 22.1. The van der Waals surface area contributed by atoms with Crippen LogP contribution in [0.1, 0.15) is 77.2 Å². The van der Waals surface area contributed by atoms with Gasteiger partial charge in [0.2, 0.25) is 5.91 Å². The van der Waals surface area contributed by atoms with Gasteiger partial charge in [0.15, 0.2) is 0 Å². The lowest BCUT2D eigenvalue weighted by atomic mass is 9.47. The number of hydrogen-bond donors (Lipinski definition) is 1. The molecule has 1 aromatic heterocycles. The Labute approximate surface area is 229 Å². The molecule has 4 aliphatic carbocycles. The molecule has 5 rings (SSSR count). The summed E-state index contributed by atoms with van der Waals surface area (Å²) in [6.07, 6.45) is 17.6. The van der Waals surface area contributed by atoms with E-state index in [0.29, 0.717) is 30.3 Å². The van der Waals surface area contributed by atoms with Crippen molar-refractivity contribution in [2.45, 2.75) is 77.7 Å². The fraction of sp³-hybridized carbons (Fsp3) is 0.633. The number of primary amides is 1. The number of nitrogens with zero attached hydrogens (tertiary/aromatic N) is 1. The maximum Gasteiger partial charge on any atom is 0.306 e. The van der Waals surface area contributed by atoms with Gasteiger partial charge in [-0.2, -0.15) is 0 Å². The van der Waals surface area contributed by atoms with E-state index in [1.54, 1.807) is 21.6 Å². The molecule has 1 unspecified atom stereocenters. The minimum atomic E-state index is -0.281. The molecule has 0 aliphatic heterocycles. The minimum absolute atomic E-state index is 0.00933. The zero-order chi connectivity index (χ0) is 26.0. The molecule has 1 aromatic rings. The number of esters is 1. The summed E-state index contributed by atoms with van der Waals surface area (Å²) in [6.45, 7) is 5.01. The molecule has 6 atom stereocenters. The van der Waals surface area contributed by atoms with Crippen molar-refractivity contribution in [2.75, 3.05) is 11.5 Å². The summed E-state index contributed by atoms with van der Waals surface area (Å²) in [5, 5.41) is 0. The highest BCUT2D eigenvalue weighted by Crippen LogP contribution is 2.66. The third kappa shape index (κ3) is 5.40. The van der Waals surface area contributed by atoms with Gasteiger partial charge in [-0.05, 0) is 84.3 Å². The van der Waals surface area contributed by atoms with Crippen LogP contribution >= 0.6 is 21.6 Å². The molecule has 4 aliphatic rings. The molecule has 7 heteroatoms. The van der Waals surface area contributed by atoms with Crippen molar-refractivity contribution in [1.29, 1.82) is 0 Å². The van der Waals surface area contributed by atoms with Gasteiger partial charge in [0.25, 0.3) is 0 Å². The van der Waals surface area contributed by atoms with Crippen LogP contribution in [0, 0.1) is 28.6 Å². The third-order valence-corrected chi connectivity index (χ3v) is 12.2. The lowest BCUT2D eigenvalue weighted by Gasteiger charge is -2.57. The lowest BCUT2D eigenvalue weighted by molar-refractivity contribution is -0.150. The van der Waals surface area contributed by atoms with Crippen molar-refractivity contribution in [1.82, 2.24) is 4.98 Å². The number of amides is 1. The molecule has 0 radical (unpaired) electrons. The summed E-state index contributed by atoms with van der Waals surface area (Å²) in [5.41, 5.74) is 10.00. The van der Waals surface area contributed by atoms with Crippen LogP contribution in [0.3, 0.4) is 0 Å². The van der Waals surface area contributed by atoms with E-state index in [0.717, 1.165) is 37.5 Å². The second-order valence-electron chi connectivity index (χ2n) is 11.8. The second kappa shape index (κ2) is 11.2. The van der Waals surface area contributed by atoms with E-state index >= 15 is 0 Å². The van der Waals surface area contributed by atoms with Gasteiger partial charge in [0.1, 0.15) is 6.10 Å². The van der Waals surface area contributed by atoms with Gasteiger partial charge < -0.3 is 10.5 Å². The fourth-order valence-electron chi connectivity index (χ4n) is 7.90. The maximum absolute atomic E-state index is 12.5. The van der Waals surface area contributed by atoms with Crippen LogP contribution in [0.5, 0.6) is 0 Å². The number of nitrogens with two attached hydrogens (primary N) is 1. The Morgan fingerprint density at radius 3 is 2.59 bits per heavy atom. The van der Waals surface area contributed by atoms with Gasteiger partial charge >= 0.3 is 5.97 Å². The van der Waals surface area contributed by atoms with Crippen LogP contribution in [-0.4, -0.2) is 34.5 Å². The van der Waals surface area contributed by atoms with E-state index in [1.165, 1.54) is 36.0 Å². The van der Waals surface area contributed by atoms with Crippen molar-refractivity contribution in [3.63, 3.8) is 0 Å². The number of carbonyl (C=O) groups excluding carboxylic acids is 2. The minimum Gasteiger partial charge on any atom is -0.462 e. The normalized spacial score (nSPS) is 34.4. The molecule has 0 bridgehead atoms. The number of fused-ring (bicyclic) bond motifs is 5. The number of ether oxygens (including phenoxy) is 1. The molecule has 2 fully saturated rings. The van der Waals surface area contributed by atoms with Crippen LogP contribution in [0.4, 0.5) is 0 Å². The third-order valence-electron chi connectivity index (χ3n) is 9.81. The average molecular weight is 541 g/mol. The van der Waals surface area contributed by atoms with E-state index in [9.17, 15) is 9.59 Å². The first-order valence-electron chi connectivity index (χ1n) is 13.8. The Morgan fingerprint density at radius 2 is 1.84 bits per heavy atom. The quantitative estimate of drug-likeness (QED) is 0.165. The van der Waals surface area contributed by atoms with E-state index in [1.807, 2.05) is 12.4 Å². The Balaban J connectivity index is 1.17. The largest absolute Gasteiger partial charge is 0.462 e. The predicted octanol–water partition coefficient (Wildman–Crippen LogP) is 6.60. The first kappa shape index (κ1) is 26.9. The molecule has 0 spiro atoms. The number of aromatic nitrogens is 1. The van der Waals surface area contributed by atoms with E-state index in [-0.39, 0.29) is 28.8 Å². The Morgan fingerprint density at radius 1 is 1.05 bits per heavy atom. The maximum atomic E-state index is 12.5. The Bertz CT molecular complexity index is 1070. The van der Waals surface area contributed by atoms with Crippen LogP contribution < -0.4 is 5.73 Å². The number of allylic oxidation sites excluding steroid dienone is 3. The van der Waals surface area contributed by atoms with Gasteiger partial charge in [-0.1, -0.05) is 59.2 Å². The summed E-state index contributed by atoms with van der Waals surface area (Å²) < 4.78 is 5.92. The van der Waals surface area contributed by atoms with Crippen LogP contribution in [0.2, 0.25) is 0 Å². The standard InChI is InChI=1S/C30H40N2O3S2/c1-29-13-9-22(35-28(34)12-17-37-36-16-11-27(31)33)18-21(29)5-6-23-25-8-7-24(20-4-3-15-32-19-20)30(25,2)14-10-26(23)29/h3-5,7,15,19,22-23,25-26H,6,8-14,16-18H2,1-2H3,(H2,31,33)/t22-,23-,25?,26-,29-,30+/m0/s1. The predicted molar refractivity (Wildman–Crippen MR) is 153 cm³/mol. The van der Waals surface area contributed by atoms with E-state index in [4.69, 9.17) is 10.5 Å². The highest BCUT2D eigenvalue weighted by atomic mass is 33.1. The molecule has 2 saturated carbocycles. The molecule has 2 N–H and O–H groups in total. The second-order valence-corrected chi connectivity index (χ2v) is 14.5. The SMILES string of the molecule is C[C@]12CC[C@H](OC(=O)CCSSCCC(N)=O)CC1=CC[C@H]1C3CC=C(c4cccnc4)[C@@]3(C)CC[C@@H]12. The molecule has 1 heterocycles. The van der Waals surface area contributed by atoms with Crippen molar-refractivity contribution >= 4 is 39.0 Å². The summed E-state index contributed by atoms with van der Waals surface area (Å²) in [5.74, 6) is 3.15. The van der Waals surface area contributed by atoms with Gasteiger partial charge in [-0.15, -0.1) is 0 Å². The summed E-state index contributed by atoms with van der Waals surface area (Å²) in [4.78, 5) is 27.7. The molecule has 37 heavy (non-hydrogen) atoms. The number of carbonyl (C=O) groups is 2. The van der Waals surface area contributed by atoms with Crippen LogP contribution in [-0.2, 0) is 14.3 Å². The number of rotatable bonds is 9. The van der Waals surface area contributed by atoms with Crippen molar-refractivity contribution in [3.8, 4) is 0 Å². The van der Waals surface area contributed by atoms with Crippen LogP contribution in [0.25, 0.3) is 5.57 Å². The van der Waals surface area contributed by atoms with Gasteiger partial charge in [-0.25, -0.2) is 0 Å². The number of pyridine rings is 1. The Kier molecular flexibility index (Phi) is 8.11. The molecular weight excluding hydrogens is 500 g/mol. The highest BCUT2D eigenvalue weighted by molar-refractivity contribution is 8.76. The summed E-state index contributed by atoms with van der Waals surface area (Å²) in [7, 11) is 3.20. The van der Waals surface area contributed by atoms with E-state index in [2.05, 4.69) is 43.1 Å². The smallest absolute Gasteiger partial charge is 0.306 e. The highest BCUT2D eigenvalue weighted by Gasteiger charge is 2.57. The van der Waals surface area contributed by atoms with Gasteiger partial charge in [0.05, 0.1) is 6.42 Å². The van der Waals surface area contributed by atoms with Crippen LogP contribution in [0.15, 0.2) is 42.3 Å². The average Bonchev–Trinajstić information content (AvgIpc) is 3.24. The van der Waals surface area contributed by atoms with Gasteiger partial charge in [-0.3, -0.25) is 14.6 Å². The monoisotopic (exact) mass is 540 g/mol. The topological polar surface area (TPSA) is 82.3 Å². The summed E-state index contributed by atoms with van der Waals surface area (Å²) in [6, 6.07) is 4.29. The van der Waals surface area contributed by atoms with Gasteiger partial charge in [0, 0.05) is 36.7 Å². The first-order chi connectivity index (χ1) is 17.8. The van der Waals surface area contributed by atoms with Crippen molar-refractivity contribution in [2.24, 2.45) is 34.3 Å². The lowest BCUT2D eigenvalue weighted by Crippen LogP contribution is -2.50. The molecule has 5 nitrogen and oxygen atoms in total. The number of hydrogen-bond acceptors (Lipinski definition) is 6. The molecule has 200 valence electrons. The Hall–Kier alpha value is -1.73. The molecule has 0 saturated heterocycles. The van der Waals surface area contributed by atoms with Crippen molar-refractivity contribution in [3.05, 3.63) is 47.8 Å². The molecule has 0 aromatic carbocycles. The molecule has 1 amide bonds. The van der Waals surface area contributed by atoms with E-state index < -0.39 is 0 Å².